The molecular formula is C15H23NO3S. The molecule has 0 amide bonds. The minimum atomic E-state index is -3.25. The fourth-order valence-electron chi connectivity index (χ4n) is 2.69. The molecule has 2 unspecified atom stereocenters. The lowest BCUT2D eigenvalue weighted by Gasteiger charge is -2.32. The second kappa shape index (κ2) is 6.59. The first-order chi connectivity index (χ1) is 9.58. The van der Waals surface area contributed by atoms with Gasteiger partial charge in [0.05, 0.1) is 5.75 Å². The molecule has 0 aromatic heterocycles. The first kappa shape index (κ1) is 15.3. The zero-order chi connectivity index (χ0) is 14.6. The quantitative estimate of drug-likeness (QED) is 0.906. The van der Waals surface area contributed by atoms with Gasteiger partial charge < -0.3 is 10.1 Å². The van der Waals surface area contributed by atoms with Gasteiger partial charge in [0.25, 0.3) is 0 Å². The van der Waals surface area contributed by atoms with Gasteiger partial charge in [-0.15, -0.1) is 0 Å². The number of sulfone groups is 1. The molecule has 1 aliphatic rings. The summed E-state index contributed by atoms with van der Waals surface area (Å²) in [6.07, 6.45) is 4.41. The fraction of sp³-hybridized carbons (Fsp3) is 0.600. The summed E-state index contributed by atoms with van der Waals surface area (Å²) >= 11 is 0. The lowest BCUT2D eigenvalue weighted by molar-refractivity contribution is 0.115. The Morgan fingerprint density at radius 2 is 1.95 bits per heavy atom. The molecule has 1 N–H and O–H groups in total. The van der Waals surface area contributed by atoms with Crippen LogP contribution in [0.2, 0.25) is 0 Å². The molecule has 1 aromatic rings. The van der Waals surface area contributed by atoms with Gasteiger partial charge in [-0.2, -0.15) is 0 Å². The summed E-state index contributed by atoms with van der Waals surface area (Å²) < 4.78 is 30.3. The molecule has 1 aliphatic carbocycles. The molecule has 20 heavy (non-hydrogen) atoms. The predicted octanol–water partition coefficient (Wildman–Crippen LogP) is 2.39. The van der Waals surface area contributed by atoms with E-state index in [2.05, 4.69) is 5.32 Å². The van der Waals surface area contributed by atoms with Crippen molar-refractivity contribution in [1.82, 2.24) is 5.32 Å². The average Bonchev–Trinajstić information content (AvgIpc) is 2.48. The Morgan fingerprint density at radius 3 is 2.65 bits per heavy atom. The summed E-state index contributed by atoms with van der Waals surface area (Å²) in [4.78, 5) is 0.308. The monoisotopic (exact) mass is 297 g/mol. The van der Waals surface area contributed by atoms with E-state index in [-0.39, 0.29) is 11.9 Å². The Bertz CT molecular complexity index is 542. The van der Waals surface area contributed by atoms with Gasteiger partial charge in [-0.05, 0) is 38.4 Å². The van der Waals surface area contributed by atoms with Crippen LogP contribution in [0.25, 0.3) is 0 Å². The van der Waals surface area contributed by atoms with E-state index in [1.807, 2.05) is 13.1 Å². The number of benzene rings is 1. The van der Waals surface area contributed by atoms with Gasteiger partial charge >= 0.3 is 0 Å². The number of nitrogens with one attached hydrogen (secondary N) is 1. The van der Waals surface area contributed by atoms with E-state index in [4.69, 9.17) is 4.74 Å². The number of hydrogen-bond acceptors (Lipinski definition) is 4. The van der Waals surface area contributed by atoms with Crippen molar-refractivity contribution < 1.29 is 13.2 Å². The zero-order valence-electron chi connectivity index (χ0n) is 12.1. The van der Waals surface area contributed by atoms with Gasteiger partial charge in [-0.3, -0.25) is 0 Å². The Hall–Kier alpha value is -1.07. The van der Waals surface area contributed by atoms with Crippen molar-refractivity contribution in [3.05, 3.63) is 24.3 Å². The van der Waals surface area contributed by atoms with E-state index in [0.717, 1.165) is 19.3 Å². The molecule has 0 aliphatic heterocycles. The Morgan fingerprint density at radius 1 is 1.25 bits per heavy atom. The highest BCUT2D eigenvalue weighted by atomic mass is 32.2. The lowest BCUT2D eigenvalue weighted by atomic mass is 9.92. The van der Waals surface area contributed by atoms with Crippen LogP contribution in [0.4, 0.5) is 0 Å². The number of para-hydroxylation sites is 1. The van der Waals surface area contributed by atoms with E-state index in [1.54, 1.807) is 25.1 Å². The van der Waals surface area contributed by atoms with Crippen LogP contribution in [-0.4, -0.2) is 33.4 Å². The molecule has 1 aromatic carbocycles. The Balaban J connectivity index is 2.25. The first-order valence-electron chi connectivity index (χ1n) is 7.24. The highest BCUT2D eigenvalue weighted by Crippen LogP contribution is 2.29. The molecule has 0 heterocycles. The number of ether oxygens (including phenoxy) is 1. The fourth-order valence-corrected chi connectivity index (χ4v) is 3.71. The molecule has 0 saturated heterocycles. The molecule has 1 fully saturated rings. The molecule has 112 valence electrons. The van der Waals surface area contributed by atoms with Crippen LogP contribution >= 0.6 is 0 Å². The van der Waals surface area contributed by atoms with Crippen molar-refractivity contribution in [3.8, 4) is 5.75 Å². The van der Waals surface area contributed by atoms with Gasteiger partial charge in [0, 0.05) is 6.04 Å². The lowest BCUT2D eigenvalue weighted by Crippen LogP contribution is -2.43. The van der Waals surface area contributed by atoms with Crippen LogP contribution < -0.4 is 10.1 Å². The van der Waals surface area contributed by atoms with E-state index < -0.39 is 9.84 Å². The van der Waals surface area contributed by atoms with Crippen molar-refractivity contribution in [2.24, 2.45) is 0 Å². The predicted molar refractivity (Wildman–Crippen MR) is 79.9 cm³/mol. The molecule has 4 nitrogen and oxygen atoms in total. The summed E-state index contributed by atoms with van der Waals surface area (Å²) in [6.45, 7) is 1.66. The number of rotatable bonds is 5. The number of hydrogen-bond donors (Lipinski definition) is 1. The van der Waals surface area contributed by atoms with E-state index in [9.17, 15) is 8.42 Å². The summed E-state index contributed by atoms with van der Waals surface area (Å²) in [5.74, 6) is 0.578. The van der Waals surface area contributed by atoms with E-state index in [0.29, 0.717) is 16.7 Å². The zero-order valence-corrected chi connectivity index (χ0v) is 12.9. The van der Waals surface area contributed by atoms with Crippen molar-refractivity contribution in [2.45, 2.75) is 49.6 Å². The third kappa shape index (κ3) is 3.33. The Kier molecular flexibility index (Phi) is 5.05. The van der Waals surface area contributed by atoms with E-state index in [1.165, 1.54) is 6.42 Å². The second-order valence-electron chi connectivity index (χ2n) is 5.19. The maximum absolute atomic E-state index is 12.1. The van der Waals surface area contributed by atoms with Crippen LogP contribution in [0.1, 0.15) is 32.6 Å². The largest absolute Gasteiger partial charge is 0.487 e. The topological polar surface area (TPSA) is 55.4 Å². The van der Waals surface area contributed by atoms with Crippen molar-refractivity contribution in [3.63, 3.8) is 0 Å². The van der Waals surface area contributed by atoms with Gasteiger partial charge in [-0.1, -0.05) is 25.5 Å². The van der Waals surface area contributed by atoms with Crippen molar-refractivity contribution >= 4 is 9.84 Å². The molecule has 0 radical (unpaired) electrons. The van der Waals surface area contributed by atoms with Crippen LogP contribution in [0.5, 0.6) is 5.75 Å². The van der Waals surface area contributed by atoms with Crippen LogP contribution in [0.3, 0.4) is 0 Å². The molecule has 1 saturated carbocycles. The molecule has 0 bridgehead atoms. The Labute approximate surface area is 121 Å². The van der Waals surface area contributed by atoms with Gasteiger partial charge in [0.1, 0.15) is 16.7 Å². The van der Waals surface area contributed by atoms with Gasteiger partial charge in [0.15, 0.2) is 9.84 Å². The number of likely N-dealkylation sites (N-methyl/N-ethyl adjacent to an activating group) is 1. The molecule has 0 spiro atoms. The first-order valence-corrected chi connectivity index (χ1v) is 8.89. The van der Waals surface area contributed by atoms with E-state index >= 15 is 0 Å². The smallest absolute Gasteiger partial charge is 0.181 e. The normalized spacial score (nSPS) is 23.5. The molecule has 5 heteroatoms. The molecule has 2 atom stereocenters. The minimum absolute atomic E-state index is 0.0435. The molecular weight excluding hydrogens is 274 g/mol. The highest BCUT2D eigenvalue weighted by Gasteiger charge is 2.27. The summed E-state index contributed by atoms with van der Waals surface area (Å²) in [5, 5.41) is 3.27. The van der Waals surface area contributed by atoms with Crippen LogP contribution in [0, 0.1) is 0 Å². The minimum Gasteiger partial charge on any atom is -0.487 e. The maximum Gasteiger partial charge on any atom is 0.181 e. The average molecular weight is 297 g/mol. The summed E-state index contributed by atoms with van der Waals surface area (Å²) in [7, 11) is -1.32. The third-order valence-corrected chi connectivity index (χ3v) is 5.68. The van der Waals surface area contributed by atoms with Crippen molar-refractivity contribution in [1.29, 1.82) is 0 Å². The van der Waals surface area contributed by atoms with Crippen LogP contribution in [-0.2, 0) is 9.84 Å². The standard InChI is InChI=1S/C15H23NO3S/c1-3-20(17,18)15-11-7-6-10-14(15)19-13-9-5-4-8-12(13)16-2/h6-7,10-13,16H,3-5,8-9H2,1-2H3. The van der Waals surface area contributed by atoms with Gasteiger partial charge in [0.2, 0.25) is 0 Å². The highest BCUT2D eigenvalue weighted by molar-refractivity contribution is 7.91. The summed E-state index contributed by atoms with van der Waals surface area (Å²) in [5.41, 5.74) is 0. The third-order valence-electron chi connectivity index (χ3n) is 3.92. The second-order valence-corrected chi connectivity index (χ2v) is 7.43. The van der Waals surface area contributed by atoms with Crippen LogP contribution in [0.15, 0.2) is 29.2 Å². The summed E-state index contributed by atoms with van der Waals surface area (Å²) in [6, 6.07) is 7.24. The SMILES string of the molecule is CCS(=O)(=O)c1ccccc1OC1CCCCC1NC. The van der Waals surface area contributed by atoms with Crippen molar-refractivity contribution in [2.75, 3.05) is 12.8 Å². The van der Waals surface area contributed by atoms with Gasteiger partial charge in [-0.25, -0.2) is 8.42 Å². The molecule has 2 rings (SSSR count). The maximum atomic E-state index is 12.1.